The summed E-state index contributed by atoms with van der Waals surface area (Å²) >= 11 is 6.37. The van der Waals surface area contributed by atoms with Gasteiger partial charge in [-0.05, 0) is 56.7 Å². The first-order chi connectivity index (χ1) is 15.5. The van der Waals surface area contributed by atoms with Gasteiger partial charge in [0.2, 0.25) is 5.91 Å². The second kappa shape index (κ2) is 10.6. The smallest absolute Gasteiger partial charge is 0.229 e. The molecule has 2 fully saturated rings. The number of halogens is 2. The van der Waals surface area contributed by atoms with Crippen LogP contribution < -0.4 is 16.0 Å². The molecule has 3 N–H and O–H groups in total. The molecule has 172 valence electrons. The molecule has 0 aromatic carbocycles. The van der Waals surface area contributed by atoms with Crippen LogP contribution in [0.5, 0.6) is 0 Å². The molecule has 2 aliphatic rings. The highest BCUT2D eigenvalue weighted by atomic mass is 35.5. The third-order valence-corrected chi connectivity index (χ3v) is 6.46. The minimum Gasteiger partial charge on any atom is -0.381 e. The van der Waals surface area contributed by atoms with Crippen molar-refractivity contribution in [1.29, 1.82) is 0 Å². The summed E-state index contributed by atoms with van der Waals surface area (Å²) < 4.78 is 19.7. The van der Waals surface area contributed by atoms with Crippen LogP contribution in [0.15, 0.2) is 24.4 Å². The van der Waals surface area contributed by atoms with Crippen LogP contribution in [-0.4, -0.2) is 48.2 Å². The van der Waals surface area contributed by atoms with Crippen molar-refractivity contribution >= 4 is 29.1 Å². The van der Waals surface area contributed by atoms with Crippen molar-refractivity contribution in [3.63, 3.8) is 0 Å². The Hall–Kier alpha value is -2.29. The molecule has 2 unspecified atom stereocenters. The molecular weight excluding hydrogens is 433 g/mol. The van der Waals surface area contributed by atoms with Gasteiger partial charge >= 0.3 is 0 Å². The van der Waals surface area contributed by atoms with Gasteiger partial charge in [-0.1, -0.05) is 11.6 Å². The van der Waals surface area contributed by atoms with E-state index in [4.69, 9.17) is 16.3 Å². The van der Waals surface area contributed by atoms with Crippen LogP contribution in [0.4, 0.5) is 16.0 Å². The predicted octanol–water partition coefficient (Wildman–Crippen LogP) is 4.10. The standard InChI is InChI=1S/C23H29ClFN5O2/c1-14-2-3-16(12-26-14)23(31)30-21-10-17(18(24)13-27-21)20-5-4-19(25)22(29-20)28-11-15-6-8-32-9-7-15/h4-5,10,13-16,26H,2-3,6-9,11-12H2,1H3,(H,28,29)(H,27,30,31). The molecule has 2 saturated heterocycles. The topological polar surface area (TPSA) is 88.2 Å². The van der Waals surface area contributed by atoms with Gasteiger partial charge in [-0.3, -0.25) is 4.79 Å². The summed E-state index contributed by atoms with van der Waals surface area (Å²) in [6, 6.07) is 5.06. The lowest BCUT2D eigenvalue weighted by Gasteiger charge is -2.26. The number of rotatable bonds is 6. The van der Waals surface area contributed by atoms with Gasteiger partial charge in [0.15, 0.2) is 11.6 Å². The van der Waals surface area contributed by atoms with E-state index < -0.39 is 5.82 Å². The van der Waals surface area contributed by atoms with Crippen molar-refractivity contribution in [2.75, 3.05) is 36.9 Å². The molecule has 4 rings (SSSR count). The van der Waals surface area contributed by atoms with Crippen molar-refractivity contribution in [2.24, 2.45) is 11.8 Å². The zero-order chi connectivity index (χ0) is 22.5. The maximum atomic E-state index is 14.4. The van der Waals surface area contributed by atoms with Crippen molar-refractivity contribution in [3.05, 3.63) is 35.2 Å². The molecule has 2 aromatic rings. The number of nitrogens with one attached hydrogen (secondary N) is 3. The van der Waals surface area contributed by atoms with E-state index in [1.165, 1.54) is 12.3 Å². The molecule has 32 heavy (non-hydrogen) atoms. The SMILES string of the molecule is CC1CCC(C(=O)Nc2cc(-c3ccc(F)c(NCC4CCOCC4)n3)c(Cl)cn2)CN1. The number of aromatic nitrogens is 2. The zero-order valence-electron chi connectivity index (χ0n) is 18.2. The predicted molar refractivity (Wildman–Crippen MR) is 123 cm³/mol. The monoisotopic (exact) mass is 461 g/mol. The Kier molecular flexibility index (Phi) is 7.55. The fourth-order valence-corrected chi connectivity index (χ4v) is 4.26. The van der Waals surface area contributed by atoms with E-state index in [1.54, 1.807) is 12.1 Å². The van der Waals surface area contributed by atoms with Gasteiger partial charge in [0.25, 0.3) is 0 Å². The number of nitrogens with zero attached hydrogens (tertiary/aromatic N) is 2. The molecule has 0 saturated carbocycles. The van der Waals surface area contributed by atoms with Gasteiger partial charge < -0.3 is 20.7 Å². The van der Waals surface area contributed by atoms with Crippen LogP contribution in [0, 0.1) is 17.7 Å². The highest BCUT2D eigenvalue weighted by molar-refractivity contribution is 6.33. The summed E-state index contributed by atoms with van der Waals surface area (Å²) in [6.45, 7) is 4.87. The first kappa shape index (κ1) is 22.9. The lowest BCUT2D eigenvalue weighted by atomic mass is 9.95. The summed E-state index contributed by atoms with van der Waals surface area (Å²) in [5.74, 6) is 0.426. The zero-order valence-corrected chi connectivity index (χ0v) is 18.9. The summed E-state index contributed by atoms with van der Waals surface area (Å²) in [5, 5.41) is 9.72. The molecule has 2 aliphatic heterocycles. The molecule has 7 nitrogen and oxygen atoms in total. The number of hydrogen-bond acceptors (Lipinski definition) is 6. The maximum Gasteiger partial charge on any atom is 0.229 e. The van der Waals surface area contributed by atoms with Gasteiger partial charge in [-0.25, -0.2) is 14.4 Å². The molecule has 0 bridgehead atoms. The van der Waals surface area contributed by atoms with Crippen LogP contribution in [0.3, 0.4) is 0 Å². The fourth-order valence-electron chi connectivity index (χ4n) is 4.06. The molecule has 2 atom stereocenters. The average molecular weight is 462 g/mol. The Bertz CT molecular complexity index is 946. The van der Waals surface area contributed by atoms with E-state index in [9.17, 15) is 9.18 Å². The molecule has 4 heterocycles. The van der Waals surface area contributed by atoms with Crippen molar-refractivity contribution < 1.29 is 13.9 Å². The molecular formula is C23H29ClFN5O2. The van der Waals surface area contributed by atoms with Crippen LogP contribution in [0.2, 0.25) is 5.02 Å². The Morgan fingerprint density at radius 1 is 1.28 bits per heavy atom. The lowest BCUT2D eigenvalue weighted by Crippen LogP contribution is -2.41. The number of pyridine rings is 2. The molecule has 1 amide bonds. The van der Waals surface area contributed by atoms with Crippen LogP contribution in [0.25, 0.3) is 11.3 Å². The Balaban J connectivity index is 1.47. The first-order valence-corrected chi connectivity index (χ1v) is 11.6. The summed E-state index contributed by atoms with van der Waals surface area (Å²) in [4.78, 5) is 21.3. The quantitative estimate of drug-likeness (QED) is 0.600. The number of ether oxygens (including phenoxy) is 1. The van der Waals surface area contributed by atoms with Gasteiger partial charge in [-0.15, -0.1) is 0 Å². The summed E-state index contributed by atoms with van der Waals surface area (Å²) in [5.41, 5.74) is 1.10. The minimum absolute atomic E-state index is 0.0731. The second-order valence-electron chi connectivity index (χ2n) is 8.59. The van der Waals surface area contributed by atoms with E-state index in [0.29, 0.717) is 47.1 Å². The van der Waals surface area contributed by atoms with Crippen LogP contribution >= 0.6 is 11.6 Å². The van der Waals surface area contributed by atoms with E-state index in [0.717, 1.165) is 38.9 Å². The van der Waals surface area contributed by atoms with Gasteiger partial charge in [0, 0.05) is 44.1 Å². The molecule has 2 aromatic heterocycles. The third-order valence-electron chi connectivity index (χ3n) is 6.16. The van der Waals surface area contributed by atoms with Crippen molar-refractivity contribution in [3.8, 4) is 11.3 Å². The molecule has 9 heteroatoms. The second-order valence-corrected chi connectivity index (χ2v) is 8.99. The van der Waals surface area contributed by atoms with Crippen molar-refractivity contribution in [1.82, 2.24) is 15.3 Å². The maximum absolute atomic E-state index is 14.4. The van der Waals surface area contributed by atoms with E-state index >= 15 is 0 Å². The Morgan fingerprint density at radius 3 is 2.84 bits per heavy atom. The van der Waals surface area contributed by atoms with E-state index in [-0.39, 0.29) is 17.6 Å². The molecule has 0 spiro atoms. The number of carbonyl (C=O) groups is 1. The Morgan fingerprint density at radius 2 is 2.09 bits per heavy atom. The number of hydrogen-bond donors (Lipinski definition) is 3. The number of piperidine rings is 1. The lowest BCUT2D eigenvalue weighted by molar-refractivity contribution is -0.120. The minimum atomic E-state index is -0.418. The average Bonchev–Trinajstić information content (AvgIpc) is 2.81. The Labute approximate surface area is 192 Å². The van der Waals surface area contributed by atoms with E-state index in [2.05, 4.69) is 32.8 Å². The van der Waals surface area contributed by atoms with Gasteiger partial charge in [0.1, 0.15) is 5.82 Å². The highest BCUT2D eigenvalue weighted by Gasteiger charge is 2.24. The van der Waals surface area contributed by atoms with Crippen molar-refractivity contribution in [2.45, 2.75) is 38.6 Å². The summed E-state index contributed by atoms with van der Waals surface area (Å²) in [6.07, 6.45) is 5.17. The normalized spacial score (nSPS) is 21.8. The van der Waals surface area contributed by atoms with Gasteiger partial charge in [0.05, 0.1) is 16.6 Å². The van der Waals surface area contributed by atoms with Crippen LogP contribution in [0.1, 0.15) is 32.6 Å². The largest absolute Gasteiger partial charge is 0.381 e. The summed E-state index contributed by atoms with van der Waals surface area (Å²) in [7, 11) is 0. The number of anilines is 2. The molecule has 0 aliphatic carbocycles. The highest BCUT2D eigenvalue weighted by Crippen LogP contribution is 2.30. The number of amides is 1. The molecule has 0 radical (unpaired) electrons. The van der Waals surface area contributed by atoms with Gasteiger partial charge in [-0.2, -0.15) is 0 Å². The van der Waals surface area contributed by atoms with E-state index in [1.807, 2.05) is 0 Å². The number of carbonyl (C=O) groups excluding carboxylic acids is 1. The fraction of sp³-hybridized carbons (Fsp3) is 0.522. The first-order valence-electron chi connectivity index (χ1n) is 11.2. The third kappa shape index (κ3) is 5.74. The van der Waals surface area contributed by atoms with Crippen LogP contribution in [-0.2, 0) is 9.53 Å².